The summed E-state index contributed by atoms with van der Waals surface area (Å²) in [6, 6.07) is 16.1. The molecule has 3 N–H and O–H groups in total. The van der Waals surface area contributed by atoms with Crippen LogP contribution in [0.25, 0.3) is 0 Å². The van der Waals surface area contributed by atoms with Crippen molar-refractivity contribution in [3.63, 3.8) is 0 Å². The Hall–Kier alpha value is -3.88. The molecule has 9 heteroatoms. The second-order valence-electron chi connectivity index (χ2n) is 11.0. The topological polar surface area (TPSA) is 125 Å². The third-order valence-electron chi connectivity index (χ3n) is 7.70. The van der Waals surface area contributed by atoms with E-state index in [1.807, 2.05) is 75.4 Å². The van der Waals surface area contributed by atoms with E-state index in [1.165, 1.54) is 7.11 Å². The lowest BCUT2D eigenvalue weighted by atomic mass is 9.85. The first-order chi connectivity index (χ1) is 19.0. The molecular formula is C31H41N3O6. The van der Waals surface area contributed by atoms with Gasteiger partial charge in [0, 0.05) is 18.8 Å². The van der Waals surface area contributed by atoms with E-state index in [4.69, 9.17) is 4.74 Å². The number of piperidine rings is 1. The number of carboxylic acid groups (broad SMARTS) is 1. The predicted octanol–water partition coefficient (Wildman–Crippen LogP) is 3.84. The largest absolute Gasteiger partial charge is 0.480 e. The highest BCUT2D eigenvalue weighted by Crippen LogP contribution is 2.30. The lowest BCUT2D eigenvalue weighted by molar-refractivity contribution is -0.152. The van der Waals surface area contributed by atoms with Crippen LogP contribution in [0.4, 0.5) is 5.69 Å². The van der Waals surface area contributed by atoms with Crippen LogP contribution >= 0.6 is 0 Å². The Morgan fingerprint density at radius 1 is 0.900 bits per heavy atom. The first-order valence-corrected chi connectivity index (χ1v) is 13.8. The zero-order valence-electron chi connectivity index (χ0n) is 24.0. The molecule has 1 heterocycles. The highest BCUT2D eigenvalue weighted by molar-refractivity contribution is 5.91. The van der Waals surface area contributed by atoms with Gasteiger partial charge >= 0.3 is 11.9 Å². The van der Waals surface area contributed by atoms with Crippen molar-refractivity contribution >= 4 is 29.4 Å². The number of ether oxygens (including phenoxy) is 1. The number of methoxy groups -OCH3 is 1. The lowest BCUT2D eigenvalue weighted by Gasteiger charge is -2.41. The van der Waals surface area contributed by atoms with Crippen LogP contribution in [0.1, 0.15) is 69.9 Å². The predicted molar refractivity (Wildman–Crippen MR) is 153 cm³/mol. The van der Waals surface area contributed by atoms with Gasteiger partial charge < -0.3 is 25.4 Å². The minimum Gasteiger partial charge on any atom is -0.480 e. The average molecular weight is 552 g/mol. The Labute approximate surface area is 236 Å². The van der Waals surface area contributed by atoms with Gasteiger partial charge in [-0.1, -0.05) is 56.3 Å². The fourth-order valence-corrected chi connectivity index (χ4v) is 5.09. The van der Waals surface area contributed by atoms with Gasteiger partial charge in [0.15, 0.2) is 0 Å². The van der Waals surface area contributed by atoms with E-state index in [2.05, 4.69) is 15.5 Å². The van der Waals surface area contributed by atoms with Gasteiger partial charge in [-0.05, 0) is 62.3 Å². The van der Waals surface area contributed by atoms with Crippen molar-refractivity contribution < 1.29 is 29.0 Å². The van der Waals surface area contributed by atoms with Crippen molar-refractivity contribution in [3.8, 4) is 0 Å². The number of carboxylic acids is 1. The number of amides is 2. The summed E-state index contributed by atoms with van der Waals surface area (Å²) in [6.07, 6.45) is 1.08. The first-order valence-electron chi connectivity index (χ1n) is 13.8. The molecule has 0 radical (unpaired) electrons. The molecule has 1 saturated heterocycles. The number of nitrogens with zero attached hydrogens (tertiary/aromatic N) is 1. The van der Waals surface area contributed by atoms with Gasteiger partial charge in [0.1, 0.15) is 11.6 Å². The van der Waals surface area contributed by atoms with Gasteiger partial charge in [-0.25, -0.2) is 9.59 Å². The number of carbonyl (C=O) groups is 4. The molecule has 2 aromatic carbocycles. The Bertz CT molecular complexity index is 1190. The highest BCUT2D eigenvalue weighted by atomic mass is 16.5. The smallest absolute Gasteiger partial charge is 0.331 e. The molecule has 1 aliphatic rings. The van der Waals surface area contributed by atoms with E-state index in [1.54, 1.807) is 6.92 Å². The Balaban J connectivity index is 1.70. The molecule has 40 heavy (non-hydrogen) atoms. The Kier molecular flexibility index (Phi) is 10.3. The van der Waals surface area contributed by atoms with Gasteiger partial charge in [0.25, 0.3) is 0 Å². The molecule has 1 aliphatic heterocycles. The maximum absolute atomic E-state index is 13.1. The fraction of sp³-hybridized carbons (Fsp3) is 0.484. The number of hydrogen-bond donors (Lipinski definition) is 3. The minimum atomic E-state index is -1.13. The molecule has 0 spiro atoms. The molecule has 2 amide bonds. The van der Waals surface area contributed by atoms with Crippen LogP contribution in [0.2, 0.25) is 0 Å². The summed E-state index contributed by atoms with van der Waals surface area (Å²) in [5, 5.41) is 15.2. The number of aliphatic carboxylic acids is 1. The lowest BCUT2D eigenvalue weighted by Crippen LogP contribution is -2.61. The Morgan fingerprint density at radius 3 is 2.08 bits per heavy atom. The van der Waals surface area contributed by atoms with Crippen molar-refractivity contribution in [2.75, 3.05) is 25.1 Å². The molecule has 3 atom stereocenters. The standard InChI is InChI=1S/C31H41N3O6/c1-20(2)18-26(29(37)38)32-27(35)22(4)24-12-9-13-25(19-24)34-16-14-31(15-17-34,30(39)40-5)33-28(36)21(3)23-10-7-6-8-11-23/h6-13,19-22,26H,14-18H2,1-5H3,(H,32,35)(H,33,36)(H,37,38)/t21?,22?,26-/m0/s1. The molecule has 0 aliphatic carbocycles. The molecule has 9 nitrogen and oxygen atoms in total. The van der Waals surface area contributed by atoms with Crippen LogP contribution in [-0.2, 0) is 23.9 Å². The third kappa shape index (κ3) is 7.40. The van der Waals surface area contributed by atoms with Crippen LogP contribution in [0.3, 0.4) is 0 Å². The number of rotatable bonds is 11. The van der Waals surface area contributed by atoms with E-state index in [0.717, 1.165) is 16.8 Å². The maximum Gasteiger partial charge on any atom is 0.331 e. The average Bonchev–Trinajstić information content (AvgIpc) is 2.96. The highest BCUT2D eigenvalue weighted by Gasteiger charge is 2.44. The fourth-order valence-electron chi connectivity index (χ4n) is 5.09. The molecule has 0 saturated carbocycles. The summed E-state index contributed by atoms with van der Waals surface area (Å²) in [7, 11) is 1.33. The van der Waals surface area contributed by atoms with Crippen LogP contribution in [0, 0.1) is 5.92 Å². The van der Waals surface area contributed by atoms with Gasteiger partial charge in [-0.2, -0.15) is 0 Å². The molecule has 3 rings (SSSR count). The van der Waals surface area contributed by atoms with E-state index in [9.17, 15) is 24.3 Å². The van der Waals surface area contributed by atoms with E-state index in [-0.39, 0.29) is 17.7 Å². The zero-order chi connectivity index (χ0) is 29.4. The van der Waals surface area contributed by atoms with E-state index < -0.39 is 35.4 Å². The van der Waals surface area contributed by atoms with Gasteiger partial charge in [0.2, 0.25) is 11.8 Å². The quantitative estimate of drug-likeness (QED) is 0.363. The monoisotopic (exact) mass is 551 g/mol. The first kappa shape index (κ1) is 30.7. The van der Waals surface area contributed by atoms with Gasteiger partial charge in [0.05, 0.1) is 18.9 Å². The summed E-state index contributed by atoms with van der Waals surface area (Å²) in [5.41, 5.74) is 1.39. The van der Waals surface area contributed by atoms with Crippen LogP contribution in [0.15, 0.2) is 54.6 Å². The van der Waals surface area contributed by atoms with E-state index >= 15 is 0 Å². The normalized spacial score (nSPS) is 16.9. The van der Waals surface area contributed by atoms with Crippen LogP contribution < -0.4 is 15.5 Å². The van der Waals surface area contributed by atoms with Gasteiger partial charge in [-0.15, -0.1) is 0 Å². The molecule has 0 bridgehead atoms. The molecule has 2 unspecified atom stereocenters. The second-order valence-corrected chi connectivity index (χ2v) is 11.0. The third-order valence-corrected chi connectivity index (χ3v) is 7.70. The summed E-state index contributed by atoms with van der Waals surface area (Å²) < 4.78 is 5.11. The number of anilines is 1. The zero-order valence-corrected chi connectivity index (χ0v) is 24.0. The van der Waals surface area contributed by atoms with Crippen molar-refractivity contribution in [1.29, 1.82) is 0 Å². The maximum atomic E-state index is 13.1. The number of hydrogen-bond acceptors (Lipinski definition) is 6. The SMILES string of the molecule is COC(=O)C1(NC(=O)C(C)c2ccccc2)CCN(c2cccc(C(C)C(=O)N[C@@H](CC(C)C)C(=O)O)c2)CC1. The van der Waals surface area contributed by atoms with Crippen molar-refractivity contribution in [3.05, 3.63) is 65.7 Å². The number of carbonyl (C=O) groups excluding carboxylic acids is 3. The molecule has 0 aromatic heterocycles. The molecule has 2 aromatic rings. The van der Waals surface area contributed by atoms with Crippen molar-refractivity contribution in [2.24, 2.45) is 5.92 Å². The number of esters is 1. The summed E-state index contributed by atoms with van der Waals surface area (Å²) in [5.74, 6) is -2.93. The molecule has 216 valence electrons. The molecular weight excluding hydrogens is 510 g/mol. The summed E-state index contributed by atoms with van der Waals surface area (Å²) >= 11 is 0. The number of nitrogens with one attached hydrogen (secondary N) is 2. The van der Waals surface area contributed by atoms with E-state index in [0.29, 0.717) is 32.4 Å². The molecule has 1 fully saturated rings. The summed E-state index contributed by atoms with van der Waals surface area (Å²) in [4.78, 5) is 52.7. The second kappa shape index (κ2) is 13.5. The van der Waals surface area contributed by atoms with Crippen LogP contribution in [0.5, 0.6) is 0 Å². The minimum absolute atomic E-state index is 0.127. The number of benzene rings is 2. The summed E-state index contributed by atoms with van der Waals surface area (Å²) in [6.45, 7) is 8.39. The van der Waals surface area contributed by atoms with Crippen LogP contribution in [-0.4, -0.2) is 60.6 Å². The van der Waals surface area contributed by atoms with Gasteiger partial charge in [-0.3, -0.25) is 9.59 Å². The van der Waals surface area contributed by atoms with Crippen molar-refractivity contribution in [1.82, 2.24) is 10.6 Å². The Morgan fingerprint density at radius 2 is 1.50 bits per heavy atom. The van der Waals surface area contributed by atoms with Crippen molar-refractivity contribution in [2.45, 2.75) is 70.4 Å².